The summed E-state index contributed by atoms with van der Waals surface area (Å²) in [6.45, 7) is 0. The molecule has 0 atom stereocenters. The highest BCUT2D eigenvalue weighted by Crippen LogP contribution is 2.16. The molecule has 0 aromatic heterocycles. The summed E-state index contributed by atoms with van der Waals surface area (Å²) in [7, 11) is 0. The van der Waals surface area contributed by atoms with E-state index in [1.54, 1.807) is 24.3 Å². The predicted molar refractivity (Wildman–Crippen MR) is 87.8 cm³/mol. The SMILES string of the molecule is N#C/C(=C/c1ccc(Br)cc1)C(=O)Nc1ccc(Cl)cc1. The van der Waals surface area contributed by atoms with Crippen LogP contribution < -0.4 is 5.32 Å². The van der Waals surface area contributed by atoms with Gasteiger partial charge in [0, 0.05) is 15.2 Å². The van der Waals surface area contributed by atoms with Crippen LogP contribution in [0.5, 0.6) is 0 Å². The topological polar surface area (TPSA) is 52.9 Å². The summed E-state index contributed by atoms with van der Waals surface area (Å²) in [6, 6.07) is 15.9. The lowest BCUT2D eigenvalue weighted by atomic mass is 10.1. The Morgan fingerprint density at radius 1 is 1.14 bits per heavy atom. The first-order valence-corrected chi connectivity index (χ1v) is 7.20. The average molecular weight is 362 g/mol. The fourth-order valence-corrected chi connectivity index (χ4v) is 2.00. The highest BCUT2D eigenvalue weighted by Gasteiger charge is 2.09. The predicted octanol–water partition coefficient (Wildman–Crippen LogP) is 4.65. The van der Waals surface area contributed by atoms with Gasteiger partial charge in [0.2, 0.25) is 0 Å². The van der Waals surface area contributed by atoms with Crippen LogP contribution in [0.2, 0.25) is 5.02 Å². The number of nitrogens with zero attached hydrogens (tertiary/aromatic N) is 1. The van der Waals surface area contributed by atoms with Gasteiger partial charge in [-0.1, -0.05) is 39.7 Å². The van der Waals surface area contributed by atoms with Gasteiger partial charge in [0.1, 0.15) is 11.6 Å². The summed E-state index contributed by atoms with van der Waals surface area (Å²) in [5.74, 6) is -0.456. The molecule has 3 nitrogen and oxygen atoms in total. The van der Waals surface area contributed by atoms with E-state index >= 15 is 0 Å². The molecule has 5 heteroatoms. The molecule has 0 aliphatic rings. The van der Waals surface area contributed by atoms with E-state index in [4.69, 9.17) is 16.9 Å². The largest absolute Gasteiger partial charge is 0.321 e. The molecule has 104 valence electrons. The number of halogens is 2. The number of benzene rings is 2. The van der Waals surface area contributed by atoms with Crippen LogP contribution in [-0.4, -0.2) is 5.91 Å². The molecule has 0 fully saturated rings. The molecule has 0 spiro atoms. The van der Waals surface area contributed by atoms with Gasteiger partial charge in [-0.3, -0.25) is 4.79 Å². The zero-order valence-electron chi connectivity index (χ0n) is 10.8. The summed E-state index contributed by atoms with van der Waals surface area (Å²) in [4.78, 5) is 12.1. The highest BCUT2D eigenvalue weighted by molar-refractivity contribution is 9.10. The average Bonchev–Trinajstić information content (AvgIpc) is 2.49. The van der Waals surface area contributed by atoms with E-state index in [-0.39, 0.29) is 5.57 Å². The molecule has 0 aliphatic heterocycles. The Balaban J connectivity index is 2.17. The number of hydrogen-bond acceptors (Lipinski definition) is 2. The van der Waals surface area contributed by atoms with Gasteiger partial charge in [0.05, 0.1) is 0 Å². The van der Waals surface area contributed by atoms with Gasteiger partial charge in [-0.25, -0.2) is 0 Å². The number of rotatable bonds is 3. The third-order valence-corrected chi connectivity index (χ3v) is 3.43. The van der Waals surface area contributed by atoms with E-state index in [1.807, 2.05) is 30.3 Å². The minimum Gasteiger partial charge on any atom is -0.321 e. The molecule has 1 amide bonds. The molecule has 2 aromatic rings. The Morgan fingerprint density at radius 2 is 1.76 bits per heavy atom. The first-order valence-electron chi connectivity index (χ1n) is 6.03. The van der Waals surface area contributed by atoms with Crippen molar-refractivity contribution in [2.45, 2.75) is 0 Å². The van der Waals surface area contributed by atoms with Crippen molar-refractivity contribution in [1.82, 2.24) is 0 Å². The molecule has 1 N–H and O–H groups in total. The van der Waals surface area contributed by atoms with Gasteiger partial charge in [-0.15, -0.1) is 0 Å². The molecule has 2 aromatic carbocycles. The maximum absolute atomic E-state index is 12.1. The third kappa shape index (κ3) is 4.45. The maximum atomic E-state index is 12.1. The van der Waals surface area contributed by atoms with Crippen molar-refractivity contribution in [3.05, 3.63) is 69.2 Å². The van der Waals surface area contributed by atoms with Gasteiger partial charge >= 0.3 is 0 Å². The van der Waals surface area contributed by atoms with Crippen LogP contribution >= 0.6 is 27.5 Å². The van der Waals surface area contributed by atoms with Gasteiger partial charge < -0.3 is 5.32 Å². The van der Waals surface area contributed by atoms with Crippen molar-refractivity contribution in [3.63, 3.8) is 0 Å². The Kier molecular flexibility index (Phi) is 5.15. The molecule has 0 saturated carbocycles. The molecular weight excluding hydrogens is 352 g/mol. The molecule has 2 rings (SSSR count). The first-order chi connectivity index (χ1) is 10.1. The van der Waals surface area contributed by atoms with E-state index in [9.17, 15) is 4.79 Å². The van der Waals surface area contributed by atoms with Crippen molar-refractivity contribution in [1.29, 1.82) is 5.26 Å². The van der Waals surface area contributed by atoms with Gasteiger partial charge in [0.25, 0.3) is 5.91 Å². The zero-order valence-corrected chi connectivity index (χ0v) is 13.1. The van der Waals surface area contributed by atoms with E-state index in [2.05, 4.69) is 21.2 Å². The number of nitrogens with one attached hydrogen (secondary N) is 1. The van der Waals surface area contributed by atoms with Crippen molar-refractivity contribution in [2.75, 3.05) is 5.32 Å². The number of amides is 1. The molecule has 21 heavy (non-hydrogen) atoms. The maximum Gasteiger partial charge on any atom is 0.266 e. The minimum absolute atomic E-state index is 0.0345. The molecular formula is C16H10BrClN2O. The lowest BCUT2D eigenvalue weighted by molar-refractivity contribution is -0.112. The molecule has 0 aliphatic carbocycles. The number of anilines is 1. The quantitative estimate of drug-likeness (QED) is 0.639. The monoisotopic (exact) mass is 360 g/mol. The van der Waals surface area contributed by atoms with Crippen LogP contribution in [0.1, 0.15) is 5.56 Å². The summed E-state index contributed by atoms with van der Waals surface area (Å²) < 4.78 is 0.934. The smallest absolute Gasteiger partial charge is 0.266 e. The first kappa shape index (κ1) is 15.3. The minimum atomic E-state index is -0.456. The van der Waals surface area contributed by atoms with Gasteiger partial charge in [-0.2, -0.15) is 5.26 Å². The number of nitriles is 1. The highest BCUT2D eigenvalue weighted by atomic mass is 79.9. The third-order valence-electron chi connectivity index (χ3n) is 2.65. The van der Waals surface area contributed by atoms with Crippen LogP contribution in [0.15, 0.2) is 58.6 Å². The van der Waals surface area contributed by atoms with E-state index in [1.165, 1.54) is 6.08 Å². The van der Waals surface area contributed by atoms with Crippen LogP contribution in [0, 0.1) is 11.3 Å². The summed E-state index contributed by atoms with van der Waals surface area (Å²) in [6.07, 6.45) is 1.54. The number of carbonyl (C=O) groups is 1. The van der Waals surface area contributed by atoms with Crippen LogP contribution in [0.3, 0.4) is 0 Å². The normalized spacial score (nSPS) is 10.8. The molecule has 0 saturated heterocycles. The number of carbonyl (C=O) groups excluding carboxylic acids is 1. The lowest BCUT2D eigenvalue weighted by Crippen LogP contribution is -2.13. The van der Waals surface area contributed by atoms with Crippen LogP contribution in [0.25, 0.3) is 6.08 Å². The van der Waals surface area contributed by atoms with Crippen molar-refractivity contribution >= 4 is 45.2 Å². The van der Waals surface area contributed by atoms with Crippen LogP contribution in [-0.2, 0) is 4.79 Å². The van der Waals surface area contributed by atoms with E-state index < -0.39 is 5.91 Å². The Bertz CT molecular complexity index is 715. The second kappa shape index (κ2) is 7.07. The second-order valence-corrected chi connectivity index (χ2v) is 5.53. The molecule has 0 heterocycles. The Hall–Kier alpha value is -2.09. The van der Waals surface area contributed by atoms with Crippen molar-refractivity contribution < 1.29 is 4.79 Å². The standard InChI is InChI=1S/C16H10BrClN2O/c17-13-3-1-11(2-4-13)9-12(10-19)16(21)20-15-7-5-14(18)6-8-15/h1-9H,(H,20,21)/b12-9-. The van der Waals surface area contributed by atoms with Crippen LogP contribution in [0.4, 0.5) is 5.69 Å². The van der Waals surface area contributed by atoms with Crippen molar-refractivity contribution in [3.8, 4) is 6.07 Å². The van der Waals surface area contributed by atoms with E-state index in [0.717, 1.165) is 10.0 Å². The van der Waals surface area contributed by atoms with Gasteiger partial charge in [-0.05, 0) is 48.0 Å². The molecule has 0 bridgehead atoms. The van der Waals surface area contributed by atoms with E-state index in [0.29, 0.717) is 10.7 Å². The zero-order chi connectivity index (χ0) is 15.2. The summed E-state index contributed by atoms with van der Waals surface area (Å²) in [5.41, 5.74) is 1.40. The Morgan fingerprint density at radius 3 is 2.33 bits per heavy atom. The molecule has 0 unspecified atom stereocenters. The second-order valence-electron chi connectivity index (χ2n) is 4.18. The van der Waals surface area contributed by atoms with Gasteiger partial charge in [0.15, 0.2) is 0 Å². The fourth-order valence-electron chi connectivity index (χ4n) is 1.61. The number of hydrogen-bond donors (Lipinski definition) is 1. The summed E-state index contributed by atoms with van der Waals surface area (Å²) in [5, 5.41) is 12.4. The molecule has 0 radical (unpaired) electrons. The fraction of sp³-hybridized carbons (Fsp3) is 0. The lowest BCUT2D eigenvalue weighted by Gasteiger charge is -2.04. The Labute approximate surface area is 136 Å². The summed E-state index contributed by atoms with van der Waals surface area (Å²) >= 11 is 9.11. The van der Waals surface area contributed by atoms with Crippen molar-refractivity contribution in [2.24, 2.45) is 0 Å².